The van der Waals surface area contributed by atoms with E-state index in [2.05, 4.69) is 16.3 Å². The van der Waals surface area contributed by atoms with Crippen LogP contribution in [0.1, 0.15) is 30.9 Å². The summed E-state index contributed by atoms with van der Waals surface area (Å²) >= 11 is 12.3. The van der Waals surface area contributed by atoms with Crippen LogP contribution >= 0.6 is 23.2 Å². The molecule has 2 aromatic carbocycles. The van der Waals surface area contributed by atoms with Crippen molar-refractivity contribution in [2.75, 3.05) is 31.6 Å². The van der Waals surface area contributed by atoms with Gasteiger partial charge in [-0.05, 0) is 49.2 Å². The lowest BCUT2D eigenvalue weighted by Gasteiger charge is -2.25. The van der Waals surface area contributed by atoms with Gasteiger partial charge in [-0.2, -0.15) is 0 Å². The fourth-order valence-corrected chi connectivity index (χ4v) is 4.25. The summed E-state index contributed by atoms with van der Waals surface area (Å²) in [6.07, 6.45) is 2.92. The summed E-state index contributed by atoms with van der Waals surface area (Å²) in [5.74, 6) is 1.45. The van der Waals surface area contributed by atoms with Gasteiger partial charge >= 0.3 is 0 Å². The largest absolute Gasteiger partial charge is 0.490 e. The summed E-state index contributed by atoms with van der Waals surface area (Å²) < 4.78 is 11.5. The Morgan fingerprint density at radius 2 is 1.82 bits per heavy atom. The molecule has 0 aliphatic carbocycles. The molecule has 1 fully saturated rings. The van der Waals surface area contributed by atoms with E-state index in [1.807, 2.05) is 12.1 Å². The van der Waals surface area contributed by atoms with Crippen LogP contribution in [-0.2, 0) is 4.79 Å². The first-order valence-corrected chi connectivity index (χ1v) is 10.2. The molecule has 2 aromatic rings. The maximum Gasteiger partial charge on any atom is 0.238 e. The van der Waals surface area contributed by atoms with Crippen molar-refractivity contribution in [3.8, 4) is 11.5 Å². The predicted octanol–water partition coefficient (Wildman–Crippen LogP) is 4.93. The second-order valence-electron chi connectivity index (χ2n) is 7.03. The van der Waals surface area contributed by atoms with Gasteiger partial charge in [0, 0.05) is 12.5 Å². The minimum absolute atomic E-state index is 0.128. The minimum atomic E-state index is -0.128. The minimum Gasteiger partial charge on any atom is -0.490 e. The molecule has 1 saturated heterocycles. The first kappa shape index (κ1) is 19.4. The number of anilines is 1. The number of hydrogen-bond donors (Lipinski definition) is 1. The zero-order valence-electron chi connectivity index (χ0n) is 15.4. The van der Waals surface area contributed by atoms with Crippen LogP contribution in [-0.4, -0.2) is 37.1 Å². The Morgan fingerprint density at radius 1 is 1.07 bits per heavy atom. The Kier molecular flexibility index (Phi) is 5.95. The zero-order chi connectivity index (χ0) is 19.5. The number of fused-ring (bicyclic) bond motifs is 1. The molecule has 28 heavy (non-hydrogen) atoms. The molecule has 2 heterocycles. The fraction of sp³-hybridized carbons (Fsp3) is 0.381. The van der Waals surface area contributed by atoms with Crippen molar-refractivity contribution in [2.24, 2.45) is 0 Å². The quantitative estimate of drug-likeness (QED) is 0.761. The molecule has 0 saturated carbocycles. The smallest absolute Gasteiger partial charge is 0.238 e. The molecule has 5 nitrogen and oxygen atoms in total. The molecule has 0 spiro atoms. The van der Waals surface area contributed by atoms with E-state index < -0.39 is 0 Å². The second kappa shape index (κ2) is 8.60. The zero-order valence-corrected chi connectivity index (χ0v) is 16.9. The van der Waals surface area contributed by atoms with Crippen molar-refractivity contribution in [3.63, 3.8) is 0 Å². The molecule has 0 aromatic heterocycles. The van der Waals surface area contributed by atoms with Gasteiger partial charge in [-0.1, -0.05) is 35.3 Å². The number of rotatable bonds is 4. The first-order chi connectivity index (χ1) is 13.6. The number of likely N-dealkylation sites (tertiary alicyclic amines) is 1. The van der Waals surface area contributed by atoms with E-state index in [1.54, 1.807) is 18.2 Å². The number of carbonyl (C=O) groups is 1. The van der Waals surface area contributed by atoms with Gasteiger partial charge in [0.2, 0.25) is 5.91 Å². The molecular weight excluding hydrogens is 399 g/mol. The SMILES string of the molecule is O=C(CN1CCC[C@H]1c1ccc2c(c1)OCCCO2)Nc1c(Cl)cccc1Cl. The van der Waals surface area contributed by atoms with Gasteiger partial charge in [-0.25, -0.2) is 0 Å². The third-order valence-corrected chi connectivity index (χ3v) is 5.72. The molecule has 2 aliphatic rings. The number of ether oxygens (including phenoxy) is 2. The van der Waals surface area contributed by atoms with Crippen LogP contribution in [0.5, 0.6) is 11.5 Å². The number of nitrogens with one attached hydrogen (secondary N) is 1. The Balaban J connectivity index is 1.46. The first-order valence-electron chi connectivity index (χ1n) is 9.49. The van der Waals surface area contributed by atoms with E-state index in [4.69, 9.17) is 32.7 Å². The van der Waals surface area contributed by atoms with Crippen LogP contribution in [0.15, 0.2) is 36.4 Å². The number of benzene rings is 2. The molecule has 7 heteroatoms. The predicted molar refractivity (Wildman–Crippen MR) is 111 cm³/mol. The molecule has 1 atom stereocenters. The number of amides is 1. The maximum absolute atomic E-state index is 12.6. The van der Waals surface area contributed by atoms with Gasteiger partial charge in [0.1, 0.15) is 0 Å². The summed E-state index contributed by atoms with van der Waals surface area (Å²) in [6.45, 7) is 2.47. The third kappa shape index (κ3) is 4.22. The van der Waals surface area contributed by atoms with E-state index in [9.17, 15) is 4.79 Å². The highest BCUT2D eigenvalue weighted by molar-refractivity contribution is 6.39. The number of halogens is 2. The van der Waals surface area contributed by atoms with E-state index in [-0.39, 0.29) is 18.5 Å². The topological polar surface area (TPSA) is 50.8 Å². The summed E-state index contributed by atoms with van der Waals surface area (Å²) in [6, 6.07) is 11.4. The molecular formula is C21H22Cl2N2O3. The summed E-state index contributed by atoms with van der Waals surface area (Å²) in [7, 11) is 0. The monoisotopic (exact) mass is 420 g/mol. The van der Waals surface area contributed by atoms with E-state index in [0.717, 1.165) is 42.9 Å². The highest BCUT2D eigenvalue weighted by Crippen LogP contribution is 2.38. The van der Waals surface area contributed by atoms with Gasteiger partial charge in [0.15, 0.2) is 11.5 Å². The lowest BCUT2D eigenvalue weighted by molar-refractivity contribution is -0.117. The lowest BCUT2D eigenvalue weighted by Crippen LogP contribution is -2.33. The molecule has 0 unspecified atom stereocenters. The Bertz CT molecular complexity index is 854. The number of para-hydroxylation sites is 1. The van der Waals surface area contributed by atoms with Gasteiger partial charge in [0.25, 0.3) is 0 Å². The molecule has 1 amide bonds. The van der Waals surface area contributed by atoms with Crippen LogP contribution < -0.4 is 14.8 Å². The van der Waals surface area contributed by atoms with Crippen molar-refractivity contribution in [2.45, 2.75) is 25.3 Å². The summed E-state index contributed by atoms with van der Waals surface area (Å²) in [5, 5.41) is 3.71. The normalized spacial score (nSPS) is 19.3. The fourth-order valence-electron chi connectivity index (χ4n) is 3.76. The Hall–Kier alpha value is -1.95. The summed E-state index contributed by atoms with van der Waals surface area (Å²) in [5.41, 5.74) is 1.60. The van der Waals surface area contributed by atoms with Crippen LogP contribution in [0.4, 0.5) is 5.69 Å². The van der Waals surface area contributed by atoms with Gasteiger partial charge in [-0.15, -0.1) is 0 Å². The van der Waals surface area contributed by atoms with Crippen LogP contribution in [0.25, 0.3) is 0 Å². The Morgan fingerprint density at radius 3 is 2.61 bits per heavy atom. The van der Waals surface area contributed by atoms with E-state index >= 15 is 0 Å². The van der Waals surface area contributed by atoms with Crippen LogP contribution in [0.2, 0.25) is 10.0 Å². The molecule has 2 aliphatic heterocycles. The van der Waals surface area contributed by atoms with Crippen LogP contribution in [0.3, 0.4) is 0 Å². The number of carbonyl (C=O) groups excluding carboxylic acids is 1. The van der Waals surface area contributed by atoms with E-state index in [1.165, 1.54) is 0 Å². The number of nitrogens with zero attached hydrogens (tertiary/aromatic N) is 1. The van der Waals surface area contributed by atoms with E-state index in [0.29, 0.717) is 28.9 Å². The molecule has 0 radical (unpaired) electrons. The molecule has 1 N–H and O–H groups in total. The van der Waals surface area contributed by atoms with Crippen molar-refractivity contribution >= 4 is 34.8 Å². The second-order valence-corrected chi connectivity index (χ2v) is 7.84. The van der Waals surface area contributed by atoms with Gasteiger partial charge in [-0.3, -0.25) is 9.69 Å². The van der Waals surface area contributed by atoms with Crippen LogP contribution in [0, 0.1) is 0 Å². The average molecular weight is 421 g/mol. The van der Waals surface area contributed by atoms with Crippen molar-refractivity contribution in [1.82, 2.24) is 4.90 Å². The molecule has 4 rings (SSSR count). The maximum atomic E-state index is 12.6. The number of hydrogen-bond acceptors (Lipinski definition) is 4. The highest BCUT2D eigenvalue weighted by atomic mass is 35.5. The highest BCUT2D eigenvalue weighted by Gasteiger charge is 2.29. The summed E-state index contributed by atoms with van der Waals surface area (Å²) in [4.78, 5) is 14.8. The average Bonchev–Trinajstić information content (AvgIpc) is 3.00. The van der Waals surface area contributed by atoms with Gasteiger partial charge in [0.05, 0.1) is 35.5 Å². The lowest BCUT2D eigenvalue weighted by atomic mass is 10.0. The molecule has 148 valence electrons. The standard InChI is InChI=1S/C21H22Cl2N2O3/c22-15-4-1-5-16(23)21(15)24-20(26)13-25-9-2-6-17(25)14-7-8-18-19(12-14)28-11-3-10-27-18/h1,4-5,7-8,12,17H,2-3,6,9-11,13H2,(H,24,26)/t17-/m0/s1. The van der Waals surface area contributed by atoms with Crippen molar-refractivity contribution in [3.05, 3.63) is 52.0 Å². The van der Waals surface area contributed by atoms with Gasteiger partial charge < -0.3 is 14.8 Å². The third-order valence-electron chi connectivity index (χ3n) is 5.09. The molecule has 0 bridgehead atoms. The van der Waals surface area contributed by atoms with Crippen molar-refractivity contribution < 1.29 is 14.3 Å². The Labute approximate surface area is 174 Å². The van der Waals surface area contributed by atoms with Crippen molar-refractivity contribution in [1.29, 1.82) is 0 Å².